The van der Waals surface area contributed by atoms with Crippen LogP contribution in [0.5, 0.6) is 17.2 Å². The van der Waals surface area contributed by atoms with Gasteiger partial charge in [0.15, 0.2) is 0 Å². The van der Waals surface area contributed by atoms with E-state index in [1.54, 1.807) is 21.3 Å². The van der Waals surface area contributed by atoms with Crippen LogP contribution < -0.4 is 18.7 Å². The Morgan fingerprint density at radius 1 is 0.903 bits per heavy atom. The third kappa shape index (κ3) is 4.45. The van der Waals surface area contributed by atoms with Gasteiger partial charge in [-0.2, -0.15) is 0 Å². The van der Waals surface area contributed by atoms with Crippen molar-refractivity contribution in [3.63, 3.8) is 0 Å². The second kappa shape index (κ2) is 9.78. The van der Waals surface area contributed by atoms with Crippen LogP contribution in [-0.4, -0.2) is 42.4 Å². The van der Waals surface area contributed by atoms with Crippen molar-refractivity contribution in [2.24, 2.45) is 0 Å². The molecule has 0 fully saturated rings. The molecule has 0 bridgehead atoms. The van der Waals surface area contributed by atoms with Gasteiger partial charge in [-0.15, -0.1) is 0 Å². The van der Waals surface area contributed by atoms with Crippen LogP contribution >= 0.6 is 0 Å². The SMILES string of the molecule is COc1cc2c(c(OC)c1OC)C(c1ccc(C)cc1)C(C[Se]c1ccccc1)OC2. The molecule has 0 aromatic heterocycles. The minimum absolute atomic E-state index is 0.0578. The van der Waals surface area contributed by atoms with Gasteiger partial charge in [0.1, 0.15) is 0 Å². The summed E-state index contributed by atoms with van der Waals surface area (Å²) >= 11 is 0.316. The standard InChI is InChI=1S/C26H28O4Se/c1-17-10-12-18(13-11-17)23-22(16-31-20-8-6-5-7-9-20)30-15-19-14-21(27-2)25(28-3)26(29-4)24(19)23/h5-14,22-23H,15-16H2,1-4H3. The summed E-state index contributed by atoms with van der Waals surface area (Å²) in [5.41, 5.74) is 4.70. The van der Waals surface area contributed by atoms with Crippen LogP contribution in [0.25, 0.3) is 0 Å². The number of ether oxygens (including phenoxy) is 4. The van der Waals surface area contributed by atoms with E-state index >= 15 is 0 Å². The van der Waals surface area contributed by atoms with Crippen molar-refractivity contribution < 1.29 is 18.9 Å². The Labute approximate surface area is 190 Å². The zero-order valence-corrected chi connectivity index (χ0v) is 20.1. The van der Waals surface area contributed by atoms with Gasteiger partial charge in [-0.05, 0) is 0 Å². The van der Waals surface area contributed by atoms with Crippen LogP contribution in [0.1, 0.15) is 28.2 Å². The van der Waals surface area contributed by atoms with E-state index in [9.17, 15) is 0 Å². The molecule has 1 heterocycles. The molecule has 3 aromatic carbocycles. The molecule has 2 atom stereocenters. The zero-order valence-electron chi connectivity index (χ0n) is 18.4. The maximum absolute atomic E-state index is 6.46. The van der Waals surface area contributed by atoms with Crippen molar-refractivity contribution >= 4 is 19.4 Å². The number of fused-ring (bicyclic) bond motifs is 1. The van der Waals surface area contributed by atoms with Gasteiger partial charge in [-0.3, -0.25) is 0 Å². The first-order valence-corrected chi connectivity index (χ1v) is 12.4. The summed E-state index contributed by atoms with van der Waals surface area (Å²) in [4.78, 5) is 0. The normalized spacial score (nSPS) is 17.7. The van der Waals surface area contributed by atoms with E-state index in [1.165, 1.54) is 15.6 Å². The van der Waals surface area contributed by atoms with Crippen molar-refractivity contribution in [2.45, 2.75) is 30.9 Å². The number of methoxy groups -OCH3 is 3. The Kier molecular flexibility index (Phi) is 6.86. The molecule has 4 nitrogen and oxygen atoms in total. The molecule has 3 aromatic rings. The predicted molar refractivity (Wildman–Crippen MR) is 124 cm³/mol. The summed E-state index contributed by atoms with van der Waals surface area (Å²) in [7, 11) is 5.00. The van der Waals surface area contributed by atoms with Crippen LogP contribution in [0.4, 0.5) is 0 Å². The summed E-state index contributed by atoms with van der Waals surface area (Å²) in [5, 5.41) is 0.979. The number of rotatable bonds is 7. The van der Waals surface area contributed by atoms with E-state index in [4.69, 9.17) is 18.9 Å². The predicted octanol–water partition coefficient (Wildman–Crippen LogP) is 4.50. The Bertz CT molecular complexity index is 1020. The third-order valence-electron chi connectivity index (χ3n) is 5.68. The monoisotopic (exact) mass is 484 g/mol. The molecule has 4 rings (SSSR count). The fraction of sp³-hybridized carbons (Fsp3) is 0.308. The van der Waals surface area contributed by atoms with Crippen molar-refractivity contribution in [2.75, 3.05) is 21.3 Å². The minimum atomic E-state index is 0.0578. The van der Waals surface area contributed by atoms with E-state index in [2.05, 4.69) is 61.5 Å². The van der Waals surface area contributed by atoms with E-state index in [-0.39, 0.29) is 12.0 Å². The summed E-state index contributed by atoms with van der Waals surface area (Å²) < 4.78 is 25.0. The van der Waals surface area contributed by atoms with Gasteiger partial charge in [0.05, 0.1) is 0 Å². The second-order valence-corrected chi connectivity index (χ2v) is 9.87. The maximum atomic E-state index is 6.46. The van der Waals surface area contributed by atoms with Gasteiger partial charge in [0, 0.05) is 0 Å². The van der Waals surface area contributed by atoms with Crippen molar-refractivity contribution in [1.82, 2.24) is 0 Å². The van der Waals surface area contributed by atoms with Gasteiger partial charge in [0.2, 0.25) is 0 Å². The molecule has 162 valence electrons. The second-order valence-electron chi connectivity index (χ2n) is 7.58. The third-order valence-corrected chi connectivity index (χ3v) is 7.99. The Balaban J connectivity index is 1.80. The molecule has 0 amide bonds. The van der Waals surface area contributed by atoms with Crippen LogP contribution in [0.3, 0.4) is 0 Å². The average molecular weight is 483 g/mol. The molecule has 1 aliphatic rings. The first kappa shape index (κ1) is 21.8. The fourth-order valence-corrected chi connectivity index (χ4v) is 6.25. The topological polar surface area (TPSA) is 36.9 Å². The van der Waals surface area contributed by atoms with Gasteiger partial charge in [-0.25, -0.2) is 0 Å². The Morgan fingerprint density at radius 2 is 1.61 bits per heavy atom. The number of hydrogen-bond donors (Lipinski definition) is 0. The average Bonchev–Trinajstić information content (AvgIpc) is 2.82. The Hall–Kier alpha value is -2.46. The molecular weight excluding hydrogens is 455 g/mol. The summed E-state index contributed by atoms with van der Waals surface area (Å²) in [6.07, 6.45) is 0.0578. The van der Waals surface area contributed by atoms with Crippen LogP contribution in [-0.2, 0) is 11.3 Å². The first-order chi connectivity index (χ1) is 15.2. The van der Waals surface area contributed by atoms with Gasteiger partial charge < -0.3 is 0 Å². The van der Waals surface area contributed by atoms with Crippen molar-refractivity contribution in [3.05, 3.63) is 82.9 Å². The molecule has 0 N–H and O–H groups in total. The molecule has 31 heavy (non-hydrogen) atoms. The summed E-state index contributed by atoms with van der Waals surface area (Å²) in [5.74, 6) is 2.10. The fourth-order valence-electron chi connectivity index (χ4n) is 4.16. The zero-order chi connectivity index (χ0) is 21.8. The first-order valence-electron chi connectivity index (χ1n) is 10.3. The molecule has 5 heteroatoms. The van der Waals surface area contributed by atoms with E-state index in [1.807, 2.05) is 6.07 Å². The Morgan fingerprint density at radius 3 is 2.26 bits per heavy atom. The quantitative estimate of drug-likeness (QED) is 0.464. The number of aryl methyl sites for hydroxylation is 1. The molecule has 1 aliphatic heterocycles. The van der Waals surface area contributed by atoms with Crippen LogP contribution in [0.2, 0.25) is 5.32 Å². The van der Waals surface area contributed by atoms with Crippen molar-refractivity contribution in [1.29, 1.82) is 0 Å². The molecular formula is C26H28O4Se. The molecule has 0 radical (unpaired) electrons. The van der Waals surface area contributed by atoms with E-state index < -0.39 is 0 Å². The molecule has 0 saturated carbocycles. The summed E-state index contributed by atoms with van der Waals surface area (Å²) in [6, 6.07) is 21.4. The van der Waals surface area contributed by atoms with E-state index in [0.717, 1.165) is 22.2 Å². The van der Waals surface area contributed by atoms with Gasteiger partial charge in [0.25, 0.3) is 0 Å². The van der Waals surface area contributed by atoms with Crippen LogP contribution in [0.15, 0.2) is 60.7 Å². The van der Waals surface area contributed by atoms with Crippen LogP contribution in [0, 0.1) is 6.92 Å². The number of hydrogen-bond acceptors (Lipinski definition) is 4. The van der Waals surface area contributed by atoms with Gasteiger partial charge in [-0.1, -0.05) is 0 Å². The van der Waals surface area contributed by atoms with Crippen molar-refractivity contribution in [3.8, 4) is 17.2 Å². The van der Waals surface area contributed by atoms with E-state index in [0.29, 0.717) is 33.1 Å². The summed E-state index contributed by atoms with van der Waals surface area (Å²) in [6.45, 7) is 2.64. The molecule has 0 aliphatic carbocycles. The number of benzene rings is 3. The molecule has 0 spiro atoms. The van der Waals surface area contributed by atoms with Gasteiger partial charge >= 0.3 is 191 Å². The molecule has 2 unspecified atom stereocenters. The molecule has 0 saturated heterocycles.